The second kappa shape index (κ2) is 9.69. The van der Waals surface area contributed by atoms with Gasteiger partial charge in [0, 0.05) is 44.7 Å². The highest BCUT2D eigenvalue weighted by molar-refractivity contribution is 14.0. The van der Waals surface area contributed by atoms with E-state index in [4.69, 9.17) is 0 Å². The normalized spacial score (nSPS) is 20.2. The third-order valence-electron chi connectivity index (χ3n) is 5.42. The maximum atomic E-state index is 13.5. The van der Waals surface area contributed by atoms with Crippen LogP contribution in [0.1, 0.15) is 31.2 Å². The maximum Gasteiger partial charge on any atom is 0.191 e. The second-order valence-corrected chi connectivity index (χ2v) is 7.22. The van der Waals surface area contributed by atoms with Crippen LogP contribution in [0.4, 0.5) is 4.39 Å². The number of likely N-dealkylation sites (tertiary alicyclic amines) is 1. The Morgan fingerprint density at radius 3 is 2.69 bits per heavy atom. The number of halogens is 2. The zero-order chi connectivity index (χ0) is 17.7. The SMILES string of the molecule is C=CCN1CCC(NC(=NC)NCC2(c3cccc(F)c3)CC2)CC1.I. The van der Waals surface area contributed by atoms with Crippen molar-refractivity contribution in [3.63, 3.8) is 0 Å². The van der Waals surface area contributed by atoms with Crippen molar-refractivity contribution in [2.45, 2.75) is 37.1 Å². The zero-order valence-electron chi connectivity index (χ0n) is 15.5. The van der Waals surface area contributed by atoms with Gasteiger partial charge in [0.15, 0.2) is 5.96 Å². The summed E-state index contributed by atoms with van der Waals surface area (Å²) in [5.41, 5.74) is 1.15. The van der Waals surface area contributed by atoms with Crippen molar-refractivity contribution in [2.75, 3.05) is 33.2 Å². The smallest absolute Gasteiger partial charge is 0.191 e. The molecule has 0 aromatic heterocycles. The molecule has 0 atom stereocenters. The van der Waals surface area contributed by atoms with Crippen molar-refractivity contribution < 1.29 is 4.39 Å². The van der Waals surface area contributed by atoms with E-state index in [0.717, 1.165) is 63.4 Å². The fourth-order valence-corrected chi connectivity index (χ4v) is 3.62. The highest BCUT2D eigenvalue weighted by Gasteiger charge is 2.44. The molecular formula is C20H30FIN4. The molecule has 4 nitrogen and oxygen atoms in total. The Bertz CT molecular complexity index is 622. The quantitative estimate of drug-likeness (QED) is 0.289. The Labute approximate surface area is 173 Å². The van der Waals surface area contributed by atoms with E-state index in [2.05, 4.69) is 27.1 Å². The molecule has 1 aliphatic heterocycles. The van der Waals surface area contributed by atoms with E-state index in [-0.39, 0.29) is 35.2 Å². The van der Waals surface area contributed by atoms with E-state index < -0.39 is 0 Å². The molecule has 0 radical (unpaired) electrons. The molecule has 1 aromatic rings. The Kier molecular flexibility index (Phi) is 7.88. The van der Waals surface area contributed by atoms with Gasteiger partial charge in [0.1, 0.15) is 5.82 Å². The number of benzene rings is 1. The lowest BCUT2D eigenvalue weighted by molar-refractivity contribution is 0.225. The largest absolute Gasteiger partial charge is 0.356 e. The number of nitrogens with zero attached hydrogens (tertiary/aromatic N) is 2. The summed E-state index contributed by atoms with van der Waals surface area (Å²) in [5.74, 6) is 0.697. The molecule has 2 aliphatic rings. The van der Waals surface area contributed by atoms with E-state index in [1.807, 2.05) is 19.2 Å². The van der Waals surface area contributed by atoms with E-state index in [1.165, 1.54) is 6.07 Å². The standard InChI is InChI=1S/C20H29FN4.HI/c1-3-11-25-12-7-18(8-13-25)24-19(22-2)23-15-20(9-10-20)16-5-4-6-17(21)14-16;/h3-6,14,18H,1,7-13,15H2,2H3,(H2,22,23,24);1H. The molecular weight excluding hydrogens is 442 g/mol. The third-order valence-corrected chi connectivity index (χ3v) is 5.42. The van der Waals surface area contributed by atoms with Crippen molar-refractivity contribution in [1.29, 1.82) is 0 Å². The van der Waals surface area contributed by atoms with Crippen LogP contribution < -0.4 is 10.6 Å². The van der Waals surface area contributed by atoms with Gasteiger partial charge in [-0.3, -0.25) is 9.89 Å². The molecule has 1 aliphatic carbocycles. The first-order valence-electron chi connectivity index (χ1n) is 9.22. The molecule has 0 bridgehead atoms. The fourth-order valence-electron chi connectivity index (χ4n) is 3.62. The van der Waals surface area contributed by atoms with E-state index in [9.17, 15) is 4.39 Å². The van der Waals surface area contributed by atoms with Crippen LogP contribution in [0.25, 0.3) is 0 Å². The van der Waals surface area contributed by atoms with E-state index in [0.29, 0.717) is 6.04 Å². The molecule has 2 N–H and O–H groups in total. The van der Waals surface area contributed by atoms with Crippen LogP contribution in [0.2, 0.25) is 0 Å². The van der Waals surface area contributed by atoms with Gasteiger partial charge in [-0.2, -0.15) is 0 Å². The van der Waals surface area contributed by atoms with Crippen molar-refractivity contribution in [2.24, 2.45) is 4.99 Å². The first kappa shape index (κ1) is 21.2. The molecule has 26 heavy (non-hydrogen) atoms. The summed E-state index contributed by atoms with van der Waals surface area (Å²) in [6.07, 6.45) is 6.39. The summed E-state index contributed by atoms with van der Waals surface area (Å²) in [5, 5.41) is 7.00. The lowest BCUT2D eigenvalue weighted by Crippen LogP contribution is -2.49. The van der Waals surface area contributed by atoms with E-state index in [1.54, 1.807) is 12.1 Å². The highest BCUT2D eigenvalue weighted by Crippen LogP contribution is 2.47. The molecule has 3 rings (SSSR count). The monoisotopic (exact) mass is 472 g/mol. The number of rotatable bonds is 6. The number of hydrogen-bond donors (Lipinski definition) is 2. The van der Waals surface area contributed by atoms with Crippen LogP contribution in [0, 0.1) is 5.82 Å². The van der Waals surface area contributed by atoms with Gasteiger partial charge in [-0.05, 0) is 43.4 Å². The Morgan fingerprint density at radius 2 is 2.12 bits per heavy atom. The summed E-state index contributed by atoms with van der Waals surface area (Å²) < 4.78 is 13.5. The molecule has 0 amide bonds. The highest BCUT2D eigenvalue weighted by atomic mass is 127. The molecule has 0 unspecified atom stereocenters. The molecule has 0 spiro atoms. The summed E-state index contributed by atoms with van der Waals surface area (Å²) in [4.78, 5) is 6.79. The Hall–Kier alpha value is -1.15. The number of guanidine groups is 1. The molecule has 1 saturated heterocycles. The number of aliphatic imine (C=N–C) groups is 1. The molecule has 2 fully saturated rings. The lowest BCUT2D eigenvalue weighted by Gasteiger charge is -2.32. The predicted molar refractivity (Wildman–Crippen MR) is 117 cm³/mol. The Morgan fingerprint density at radius 1 is 1.38 bits per heavy atom. The number of nitrogens with one attached hydrogen (secondary N) is 2. The fraction of sp³-hybridized carbons (Fsp3) is 0.550. The minimum absolute atomic E-state index is 0. The molecule has 144 valence electrons. The van der Waals surface area contributed by atoms with Crippen LogP contribution in [-0.4, -0.2) is 50.1 Å². The average molecular weight is 472 g/mol. The van der Waals surface area contributed by atoms with Gasteiger partial charge in [-0.1, -0.05) is 18.2 Å². The molecule has 1 aromatic carbocycles. The van der Waals surface area contributed by atoms with Gasteiger partial charge >= 0.3 is 0 Å². The third kappa shape index (κ3) is 5.42. The average Bonchev–Trinajstić information content (AvgIpc) is 3.41. The summed E-state index contributed by atoms with van der Waals surface area (Å²) in [7, 11) is 1.81. The van der Waals surface area contributed by atoms with Crippen molar-refractivity contribution in [3.8, 4) is 0 Å². The van der Waals surface area contributed by atoms with Crippen molar-refractivity contribution in [3.05, 3.63) is 48.3 Å². The van der Waals surface area contributed by atoms with Crippen LogP contribution >= 0.6 is 24.0 Å². The number of hydrogen-bond acceptors (Lipinski definition) is 2. The van der Waals surface area contributed by atoms with Crippen LogP contribution in [0.3, 0.4) is 0 Å². The molecule has 6 heteroatoms. The lowest BCUT2D eigenvalue weighted by atomic mass is 9.96. The van der Waals surface area contributed by atoms with Gasteiger partial charge < -0.3 is 10.6 Å². The van der Waals surface area contributed by atoms with Gasteiger partial charge in [0.2, 0.25) is 0 Å². The first-order valence-corrected chi connectivity index (χ1v) is 9.22. The minimum Gasteiger partial charge on any atom is -0.356 e. The number of piperidine rings is 1. The summed E-state index contributed by atoms with van der Waals surface area (Å²) >= 11 is 0. The van der Waals surface area contributed by atoms with E-state index >= 15 is 0 Å². The zero-order valence-corrected chi connectivity index (χ0v) is 17.8. The first-order chi connectivity index (χ1) is 12.1. The minimum atomic E-state index is -0.155. The van der Waals surface area contributed by atoms with Crippen LogP contribution in [-0.2, 0) is 5.41 Å². The maximum absolute atomic E-state index is 13.5. The van der Waals surface area contributed by atoms with Gasteiger partial charge in [0.05, 0.1) is 0 Å². The molecule has 1 heterocycles. The van der Waals surface area contributed by atoms with Crippen molar-refractivity contribution in [1.82, 2.24) is 15.5 Å². The summed E-state index contributed by atoms with van der Waals surface area (Å²) in [6, 6.07) is 7.46. The predicted octanol–water partition coefficient (Wildman–Crippen LogP) is 3.29. The topological polar surface area (TPSA) is 39.7 Å². The Balaban J connectivity index is 0.00000243. The van der Waals surface area contributed by atoms with Crippen molar-refractivity contribution >= 4 is 29.9 Å². The van der Waals surface area contributed by atoms with Gasteiger partial charge in [-0.25, -0.2) is 4.39 Å². The summed E-state index contributed by atoms with van der Waals surface area (Å²) in [6.45, 7) is 7.76. The van der Waals surface area contributed by atoms with Gasteiger partial charge in [-0.15, -0.1) is 30.6 Å². The van der Waals surface area contributed by atoms with Gasteiger partial charge in [0.25, 0.3) is 0 Å². The van der Waals surface area contributed by atoms with Crippen LogP contribution in [0.5, 0.6) is 0 Å². The molecule has 1 saturated carbocycles. The van der Waals surface area contributed by atoms with Crippen LogP contribution in [0.15, 0.2) is 41.9 Å². The second-order valence-electron chi connectivity index (χ2n) is 7.22.